The van der Waals surface area contributed by atoms with E-state index in [0.29, 0.717) is 43.3 Å². The third kappa shape index (κ3) is 5.75. The summed E-state index contributed by atoms with van der Waals surface area (Å²) in [7, 11) is 0. The van der Waals surface area contributed by atoms with Gasteiger partial charge in [0, 0.05) is 63.5 Å². The molecule has 8 nitrogen and oxygen atoms in total. The van der Waals surface area contributed by atoms with E-state index in [9.17, 15) is 9.59 Å². The average Bonchev–Trinajstić information content (AvgIpc) is 3.05. The molecule has 0 radical (unpaired) electrons. The molecule has 2 aliphatic heterocycles. The largest absolute Gasteiger partial charge is 0.378 e. The van der Waals surface area contributed by atoms with E-state index >= 15 is 0 Å². The molecule has 1 N–H and O–H groups in total. The number of morpholine rings is 1. The summed E-state index contributed by atoms with van der Waals surface area (Å²) in [6.45, 7) is 8.84. The molecule has 2 saturated heterocycles. The molecule has 0 bridgehead atoms. The standard InChI is InChI=1S/C24H33N5O3/c1-19-21(23(31)26-24(25-19)29-14-16-32-17-15-29)8-9-22(30)28-11-5-10-27(12-13-28)18-20-6-3-2-4-7-20/h2-4,6-7H,5,8-18H2,1H3,(H,25,26,31). The van der Waals surface area contributed by atoms with Crippen molar-refractivity contribution in [1.82, 2.24) is 19.8 Å². The number of amides is 1. The van der Waals surface area contributed by atoms with Crippen LogP contribution in [0.1, 0.15) is 29.7 Å². The number of nitrogens with zero attached hydrogens (tertiary/aromatic N) is 4. The van der Waals surface area contributed by atoms with E-state index in [1.807, 2.05) is 22.8 Å². The van der Waals surface area contributed by atoms with E-state index in [2.05, 4.69) is 39.1 Å². The first-order valence-electron chi connectivity index (χ1n) is 11.6. The van der Waals surface area contributed by atoms with Crippen LogP contribution in [0.2, 0.25) is 0 Å². The van der Waals surface area contributed by atoms with Crippen molar-refractivity contribution >= 4 is 11.9 Å². The van der Waals surface area contributed by atoms with E-state index in [1.165, 1.54) is 5.56 Å². The van der Waals surface area contributed by atoms with Crippen molar-refractivity contribution in [3.8, 4) is 0 Å². The Balaban J connectivity index is 1.31. The number of H-pyrrole nitrogens is 1. The highest BCUT2D eigenvalue weighted by molar-refractivity contribution is 5.76. The fourth-order valence-electron chi connectivity index (χ4n) is 4.43. The summed E-state index contributed by atoms with van der Waals surface area (Å²) in [5.74, 6) is 0.708. The Labute approximate surface area is 189 Å². The first kappa shape index (κ1) is 22.5. The van der Waals surface area contributed by atoms with Crippen LogP contribution in [0, 0.1) is 6.92 Å². The molecular formula is C24H33N5O3. The number of hydrogen-bond acceptors (Lipinski definition) is 6. The van der Waals surface area contributed by atoms with Crippen LogP contribution >= 0.6 is 0 Å². The van der Waals surface area contributed by atoms with Gasteiger partial charge in [-0.15, -0.1) is 0 Å². The summed E-state index contributed by atoms with van der Waals surface area (Å²) in [6.07, 6.45) is 1.72. The molecule has 32 heavy (non-hydrogen) atoms. The van der Waals surface area contributed by atoms with Crippen molar-refractivity contribution in [3.63, 3.8) is 0 Å². The molecule has 2 aromatic rings. The Morgan fingerprint density at radius 1 is 1.06 bits per heavy atom. The predicted molar refractivity (Wildman–Crippen MR) is 124 cm³/mol. The number of benzene rings is 1. The number of carbonyl (C=O) groups is 1. The third-order valence-corrected chi connectivity index (χ3v) is 6.30. The summed E-state index contributed by atoms with van der Waals surface area (Å²) >= 11 is 0. The van der Waals surface area contributed by atoms with E-state index in [4.69, 9.17) is 4.74 Å². The van der Waals surface area contributed by atoms with Crippen LogP contribution in [-0.2, 0) is 22.5 Å². The van der Waals surface area contributed by atoms with Crippen molar-refractivity contribution < 1.29 is 9.53 Å². The number of nitrogens with one attached hydrogen (secondary N) is 1. The molecule has 3 heterocycles. The molecule has 1 amide bonds. The number of rotatable bonds is 6. The van der Waals surface area contributed by atoms with Crippen LogP contribution in [0.15, 0.2) is 35.1 Å². The Bertz CT molecular complexity index is 956. The van der Waals surface area contributed by atoms with Gasteiger partial charge in [-0.1, -0.05) is 30.3 Å². The van der Waals surface area contributed by atoms with Gasteiger partial charge in [-0.25, -0.2) is 4.98 Å². The maximum Gasteiger partial charge on any atom is 0.255 e. The summed E-state index contributed by atoms with van der Waals surface area (Å²) in [5.41, 5.74) is 2.47. The number of aryl methyl sites for hydroxylation is 1. The zero-order valence-corrected chi connectivity index (χ0v) is 18.9. The van der Waals surface area contributed by atoms with Crippen molar-refractivity contribution in [2.45, 2.75) is 32.7 Å². The second-order valence-electron chi connectivity index (χ2n) is 8.55. The van der Waals surface area contributed by atoms with E-state index in [0.717, 1.165) is 52.2 Å². The number of carbonyl (C=O) groups excluding carboxylic acids is 1. The lowest BCUT2D eigenvalue weighted by molar-refractivity contribution is -0.131. The molecule has 1 aromatic carbocycles. The van der Waals surface area contributed by atoms with Crippen molar-refractivity contribution in [1.29, 1.82) is 0 Å². The molecule has 172 valence electrons. The number of anilines is 1. The van der Waals surface area contributed by atoms with Gasteiger partial charge in [-0.05, 0) is 25.3 Å². The second-order valence-corrected chi connectivity index (χ2v) is 8.55. The lowest BCUT2D eigenvalue weighted by atomic mass is 10.1. The van der Waals surface area contributed by atoms with Gasteiger partial charge in [0.2, 0.25) is 11.9 Å². The van der Waals surface area contributed by atoms with Gasteiger partial charge in [-0.3, -0.25) is 19.5 Å². The van der Waals surface area contributed by atoms with Gasteiger partial charge in [-0.2, -0.15) is 0 Å². The minimum atomic E-state index is -0.142. The maximum atomic E-state index is 12.9. The van der Waals surface area contributed by atoms with Crippen molar-refractivity contribution in [2.24, 2.45) is 0 Å². The van der Waals surface area contributed by atoms with Gasteiger partial charge >= 0.3 is 0 Å². The normalized spacial score (nSPS) is 17.9. The fraction of sp³-hybridized carbons (Fsp3) is 0.542. The first-order chi connectivity index (χ1) is 15.6. The molecule has 1 aromatic heterocycles. The van der Waals surface area contributed by atoms with Crippen LogP contribution in [-0.4, -0.2) is 78.2 Å². The summed E-state index contributed by atoms with van der Waals surface area (Å²) in [4.78, 5) is 39.4. The van der Waals surface area contributed by atoms with Crippen LogP contribution in [0.3, 0.4) is 0 Å². The lowest BCUT2D eigenvalue weighted by Gasteiger charge is -2.27. The average molecular weight is 440 g/mol. The van der Waals surface area contributed by atoms with Gasteiger partial charge in [0.05, 0.1) is 13.2 Å². The monoisotopic (exact) mass is 439 g/mol. The smallest absolute Gasteiger partial charge is 0.255 e. The molecule has 2 fully saturated rings. The van der Waals surface area contributed by atoms with E-state index < -0.39 is 0 Å². The number of ether oxygens (including phenoxy) is 1. The SMILES string of the molecule is Cc1nc(N2CCOCC2)[nH]c(=O)c1CCC(=O)N1CCCN(Cc2ccccc2)CC1. The molecule has 4 rings (SSSR count). The zero-order valence-electron chi connectivity index (χ0n) is 18.9. The lowest BCUT2D eigenvalue weighted by Crippen LogP contribution is -2.39. The molecule has 0 saturated carbocycles. The Hall–Kier alpha value is -2.71. The zero-order chi connectivity index (χ0) is 22.3. The minimum absolute atomic E-state index is 0.114. The Kier molecular flexibility index (Phi) is 7.55. The predicted octanol–water partition coefficient (Wildman–Crippen LogP) is 1.58. The number of hydrogen-bond donors (Lipinski definition) is 1. The highest BCUT2D eigenvalue weighted by Crippen LogP contribution is 2.13. The first-order valence-corrected chi connectivity index (χ1v) is 11.6. The molecular weight excluding hydrogens is 406 g/mol. The fourth-order valence-corrected chi connectivity index (χ4v) is 4.43. The van der Waals surface area contributed by atoms with Gasteiger partial charge in [0.1, 0.15) is 0 Å². The molecule has 0 aliphatic carbocycles. The summed E-state index contributed by atoms with van der Waals surface area (Å²) in [5, 5.41) is 0. The van der Waals surface area contributed by atoms with Gasteiger partial charge in [0.15, 0.2) is 0 Å². The van der Waals surface area contributed by atoms with E-state index in [1.54, 1.807) is 0 Å². The van der Waals surface area contributed by atoms with Gasteiger partial charge in [0.25, 0.3) is 5.56 Å². The highest BCUT2D eigenvalue weighted by atomic mass is 16.5. The summed E-state index contributed by atoms with van der Waals surface area (Å²) < 4.78 is 5.37. The highest BCUT2D eigenvalue weighted by Gasteiger charge is 2.21. The maximum absolute atomic E-state index is 12.9. The molecule has 0 atom stereocenters. The quantitative estimate of drug-likeness (QED) is 0.736. The van der Waals surface area contributed by atoms with Gasteiger partial charge < -0.3 is 14.5 Å². The van der Waals surface area contributed by atoms with Crippen LogP contribution in [0.4, 0.5) is 5.95 Å². The Morgan fingerprint density at radius 2 is 1.84 bits per heavy atom. The molecule has 0 unspecified atom stereocenters. The van der Waals surface area contributed by atoms with Crippen LogP contribution < -0.4 is 10.5 Å². The summed E-state index contributed by atoms with van der Waals surface area (Å²) in [6, 6.07) is 10.5. The third-order valence-electron chi connectivity index (χ3n) is 6.30. The van der Waals surface area contributed by atoms with Crippen molar-refractivity contribution in [2.75, 3.05) is 57.4 Å². The molecule has 2 aliphatic rings. The van der Waals surface area contributed by atoms with E-state index in [-0.39, 0.29) is 11.5 Å². The topological polar surface area (TPSA) is 81.8 Å². The molecule has 0 spiro atoms. The van der Waals surface area contributed by atoms with Crippen LogP contribution in [0.5, 0.6) is 0 Å². The number of aromatic amines is 1. The Morgan fingerprint density at radius 3 is 2.59 bits per heavy atom. The number of aromatic nitrogens is 2. The van der Waals surface area contributed by atoms with Crippen LogP contribution in [0.25, 0.3) is 0 Å². The minimum Gasteiger partial charge on any atom is -0.378 e. The van der Waals surface area contributed by atoms with Crippen molar-refractivity contribution in [3.05, 3.63) is 57.5 Å². The second kappa shape index (κ2) is 10.7. The molecule has 8 heteroatoms.